The molecule has 2 heterocycles. The van der Waals surface area contributed by atoms with Crippen molar-refractivity contribution in [3.05, 3.63) is 60.2 Å². The number of ether oxygens (including phenoxy) is 1. The molecule has 7 nitrogen and oxygen atoms in total. The predicted octanol–water partition coefficient (Wildman–Crippen LogP) is 3.57. The molecule has 0 bridgehead atoms. The number of benzene rings is 2. The smallest absolute Gasteiger partial charge is 0.316 e. The average Bonchev–Trinajstić information content (AvgIpc) is 3.32. The summed E-state index contributed by atoms with van der Waals surface area (Å²) in [5.74, 6) is -0.981. The van der Waals surface area contributed by atoms with Gasteiger partial charge < -0.3 is 9.64 Å². The van der Waals surface area contributed by atoms with Crippen LogP contribution in [0.5, 0.6) is 5.75 Å². The highest BCUT2D eigenvalue weighted by Gasteiger charge is 2.50. The number of fused-ring (bicyclic) bond motifs is 1. The molecule has 0 N–H and O–H groups in total. The van der Waals surface area contributed by atoms with Gasteiger partial charge in [0.1, 0.15) is 5.75 Å². The van der Waals surface area contributed by atoms with Crippen LogP contribution in [0.3, 0.4) is 0 Å². The van der Waals surface area contributed by atoms with Crippen LogP contribution in [0.2, 0.25) is 0 Å². The van der Waals surface area contributed by atoms with Crippen molar-refractivity contribution in [3.8, 4) is 5.75 Å². The summed E-state index contributed by atoms with van der Waals surface area (Å²) in [5.41, 5.74) is 1.52. The second-order valence-corrected chi connectivity index (χ2v) is 9.72. The fraction of sp³-hybridized carbons (Fsp3) is 0.407. The van der Waals surface area contributed by atoms with Crippen LogP contribution >= 0.6 is 0 Å². The maximum atomic E-state index is 12.9. The van der Waals surface area contributed by atoms with Gasteiger partial charge in [-0.1, -0.05) is 37.3 Å². The van der Waals surface area contributed by atoms with Crippen molar-refractivity contribution in [2.75, 3.05) is 11.4 Å². The maximum Gasteiger partial charge on any atom is 0.316 e. The fourth-order valence-electron chi connectivity index (χ4n) is 5.39. The molecule has 2 aromatic rings. The van der Waals surface area contributed by atoms with Gasteiger partial charge in [0.25, 0.3) is 0 Å². The van der Waals surface area contributed by atoms with Gasteiger partial charge in [-0.15, -0.1) is 0 Å². The largest absolute Gasteiger partial charge is 0.426 e. The van der Waals surface area contributed by atoms with E-state index < -0.39 is 11.9 Å². The molecule has 1 aliphatic carbocycles. The van der Waals surface area contributed by atoms with Crippen LogP contribution in [0.25, 0.3) is 0 Å². The molecule has 4 atom stereocenters. The van der Waals surface area contributed by atoms with Crippen molar-refractivity contribution in [1.29, 1.82) is 0 Å². The number of esters is 1. The second-order valence-electron chi connectivity index (χ2n) is 9.72. The molecule has 3 fully saturated rings. The van der Waals surface area contributed by atoms with Gasteiger partial charge in [0, 0.05) is 19.5 Å². The Kier molecular flexibility index (Phi) is 5.94. The van der Waals surface area contributed by atoms with E-state index in [-0.39, 0.29) is 36.0 Å². The summed E-state index contributed by atoms with van der Waals surface area (Å²) in [7, 11) is 0. The number of hydrogen-bond donors (Lipinski definition) is 0. The van der Waals surface area contributed by atoms with Crippen LogP contribution in [0, 0.1) is 23.7 Å². The van der Waals surface area contributed by atoms with Gasteiger partial charge in [-0.2, -0.15) is 0 Å². The first-order valence-corrected chi connectivity index (χ1v) is 11.9. The van der Waals surface area contributed by atoms with E-state index in [1.54, 1.807) is 29.2 Å². The lowest BCUT2D eigenvalue weighted by molar-refractivity contribution is -0.139. The number of hydrogen-bond acceptors (Lipinski definition) is 5. The number of nitrogens with zero attached hydrogens (tertiary/aromatic N) is 2. The van der Waals surface area contributed by atoms with Crippen molar-refractivity contribution in [1.82, 2.24) is 4.90 Å². The average molecular weight is 461 g/mol. The Morgan fingerprint density at radius 2 is 1.65 bits per heavy atom. The molecule has 0 unspecified atom stereocenters. The Labute approximate surface area is 198 Å². The summed E-state index contributed by atoms with van der Waals surface area (Å²) in [6.45, 7) is 2.91. The highest BCUT2D eigenvalue weighted by atomic mass is 16.5. The monoisotopic (exact) mass is 460 g/mol. The number of anilines is 1. The molecule has 1 saturated carbocycles. The van der Waals surface area contributed by atoms with Crippen LogP contribution < -0.4 is 9.64 Å². The van der Waals surface area contributed by atoms with Gasteiger partial charge in [0.15, 0.2) is 0 Å². The zero-order valence-corrected chi connectivity index (χ0v) is 19.2. The molecule has 5 rings (SSSR count). The zero-order valence-electron chi connectivity index (χ0n) is 19.2. The Bertz CT molecular complexity index is 1110. The minimum atomic E-state index is -0.525. The summed E-state index contributed by atoms with van der Waals surface area (Å²) in [4.78, 5) is 53.8. The van der Waals surface area contributed by atoms with E-state index in [9.17, 15) is 19.2 Å². The van der Waals surface area contributed by atoms with Gasteiger partial charge in [-0.05, 0) is 55.0 Å². The van der Waals surface area contributed by atoms with Gasteiger partial charge in [0.05, 0.1) is 23.4 Å². The Hall–Kier alpha value is -3.48. The lowest BCUT2D eigenvalue weighted by Crippen LogP contribution is -2.30. The molecule has 2 aromatic carbocycles. The van der Waals surface area contributed by atoms with Crippen molar-refractivity contribution in [2.24, 2.45) is 23.7 Å². The molecule has 176 valence electrons. The van der Waals surface area contributed by atoms with Crippen LogP contribution in [0.1, 0.15) is 38.2 Å². The van der Waals surface area contributed by atoms with Gasteiger partial charge in [0.2, 0.25) is 17.7 Å². The van der Waals surface area contributed by atoms with E-state index >= 15 is 0 Å². The van der Waals surface area contributed by atoms with Crippen molar-refractivity contribution in [3.63, 3.8) is 0 Å². The zero-order chi connectivity index (χ0) is 23.8. The lowest BCUT2D eigenvalue weighted by atomic mass is 9.76. The first kappa shape index (κ1) is 22.3. The molecule has 2 aliphatic heterocycles. The summed E-state index contributed by atoms with van der Waals surface area (Å²) in [6.07, 6.45) is 2.60. The maximum absolute atomic E-state index is 12.9. The van der Waals surface area contributed by atoms with Crippen LogP contribution in [0.15, 0.2) is 54.6 Å². The third-order valence-corrected chi connectivity index (χ3v) is 7.27. The number of likely N-dealkylation sites (tertiary alicyclic amines) is 1. The molecular weight excluding hydrogens is 432 g/mol. The molecule has 0 aromatic heterocycles. The van der Waals surface area contributed by atoms with Crippen molar-refractivity contribution >= 4 is 29.4 Å². The number of carbonyl (C=O) groups excluding carboxylic acids is 4. The number of amides is 3. The summed E-state index contributed by atoms with van der Waals surface area (Å²) in [6, 6.07) is 16.1. The molecular formula is C27H28N2O5. The van der Waals surface area contributed by atoms with Gasteiger partial charge in [-0.3, -0.25) is 24.1 Å². The number of imide groups is 1. The highest BCUT2D eigenvalue weighted by molar-refractivity contribution is 6.22. The molecule has 0 radical (unpaired) electrons. The lowest BCUT2D eigenvalue weighted by Gasteiger charge is -2.25. The summed E-state index contributed by atoms with van der Waals surface area (Å²) >= 11 is 0. The predicted molar refractivity (Wildman–Crippen MR) is 125 cm³/mol. The second kappa shape index (κ2) is 9.05. The molecule has 3 amide bonds. The fourth-order valence-corrected chi connectivity index (χ4v) is 5.39. The van der Waals surface area contributed by atoms with E-state index in [0.717, 1.165) is 24.8 Å². The molecule has 0 spiro atoms. The highest BCUT2D eigenvalue weighted by Crippen LogP contribution is 2.42. The first-order chi connectivity index (χ1) is 16.4. The molecule has 34 heavy (non-hydrogen) atoms. The Morgan fingerprint density at radius 1 is 0.941 bits per heavy atom. The summed E-state index contributed by atoms with van der Waals surface area (Å²) in [5, 5.41) is 0. The van der Waals surface area contributed by atoms with E-state index in [2.05, 4.69) is 6.92 Å². The third-order valence-electron chi connectivity index (χ3n) is 7.27. The topological polar surface area (TPSA) is 84.0 Å². The third kappa shape index (κ3) is 4.22. The van der Waals surface area contributed by atoms with E-state index in [4.69, 9.17) is 4.74 Å². The van der Waals surface area contributed by atoms with Gasteiger partial charge in [-0.25, -0.2) is 0 Å². The van der Waals surface area contributed by atoms with E-state index in [1.165, 1.54) is 4.90 Å². The first-order valence-electron chi connectivity index (χ1n) is 11.9. The Balaban J connectivity index is 1.21. The standard InChI is InChI=1S/C27H28N2O5/c1-17-7-12-22-23(13-17)26(32)29(25(22)31)20-8-10-21(11-9-20)34-27(33)19-14-24(30)28(16-19)15-18-5-3-2-4-6-18/h2-6,8-11,17,19,22-23H,7,12-16H2,1H3/t17-,19+,22+,23+/m1/s1. The van der Waals surface area contributed by atoms with E-state index in [0.29, 0.717) is 30.4 Å². The quantitative estimate of drug-likeness (QED) is 0.387. The normalized spacial score (nSPS) is 26.7. The van der Waals surface area contributed by atoms with Crippen LogP contribution in [-0.2, 0) is 25.7 Å². The number of rotatable bonds is 5. The van der Waals surface area contributed by atoms with Gasteiger partial charge >= 0.3 is 5.97 Å². The van der Waals surface area contributed by atoms with E-state index in [1.807, 2.05) is 30.3 Å². The molecule has 2 saturated heterocycles. The number of carbonyl (C=O) groups is 4. The van der Waals surface area contributed by atoms with Crippen molar-refractivity contribution < 1.29 is 23.9 Å². The molecule has 7 heteroatoms. The van der Waals surface area contributed by atoms with Crippen LogP contribution in [0.4, 0.5) is 5.69 Å². The SMILES string of the molecule is C[C@@H]1CC[C@@H]2C(=O)N(c3ccc(OC(=O)[C@H]4CC(=O)N(Cc5ccccc5)C4)cc3)C(=O)[C@H]2C1. The molecule has 3 aliphatic rings. The van der Waals surface area contributed by atoms with Crippen LogP contribution in [-0.4, -0.2) is 35.1 Å². The Morgan fingerprint density at radius 3 is 2.38 bits per heavy atom. The minimum Gasteiger partial charge on any atom is -0.426 e. The minimum absolute atomic E-state index is 0.0667. The summed E-state index contributed by atoms with van der Waals surface area (Å²) < 4.78 is 5.52. The van der Waals surface area contributed by atoms with Crippen molar-refractivity contribution in [2.45, 2.75) is 39.2 Å².